The number of fused-ring (bicyclic) bond motifs is 1. The number of rotatable bonds is 4. The number of nitrogens with one attached hydrogen (secondary N) is 1. The normalized spacial score (nSPS) is 9.68. The highest BCUT2D eigenvalue weighted by Gasteiger charge is 2.10. The van der Waals surface area contributed by atoms with E-state index in [1.165, 1.54) is 0 Å². The number of hydrogen-bond acceptors (Lipinski definition) is 5. The van der Waals surface area contributed by atoms with Crippen LogP contribution >= 0.6 is 0 Å². The van der Waals surface area contributed by atoms with E-state index < -0.39 is 0 Å². The monoisotopic (exact) mass is 416 g/mol. The molecule has 0 bridgehead atoms. The number of hydrogen-bond donors (Lipinski definition) is 2. The van der Waals surface area contributed by atoms with Gasteiger partial charge in [0.25, 0.3) is 0 Å². The van der Waals surface area contributed by atoms with Gasteiger partial charge in [-0.05, 0) is 66.7 Å². The molecule has 0 saturated carbocycles. The Labute approximate surface area is 182 Å². The van der Waals surface area contributed by atoms with Crippen LogP contribution in [0.1, 0.15) is 34.6 Å². The Bertz CT molecular complexity index is 1130. The first-order valence-corrected chi connectivity index (χ1v) is 10.1. The maximum absolute atomic E-state index is 10.8. The number of carbonyl (C=O) groups is 2. The van der Waals surface area contributed by atoms with Gasteiger partial charge in [-0.15, -0.1) is 0 Å². The third-order valence-electron chi connectivity index (χ3n) is 4.55. The van der Waals surface area contributed by atoms with Crippen LogP contribution in [0.15, 0.2) is 66.7 Å². The Morgan fingerprint density at radius 3 is 2.00 bits per heavy atom. The zero-order valence-corrected chi connectivity index (χ0v) is 18.3. The summed E-state index contributed by atoms with van der Waals surface area (Å²) in [5.74, 6) is 0.894. The molecule has 4 rings (SSSR count). The van der Waals surface area contributed by atoms with Crippen molar-refractivity contribution in [1.82, 2.24) is 9.55 Å². The van der Waals surface area contributed by atoms with Crippen molar-refractivity contribution in [3.05, 3.63) is 77.9 Å². The maximum Gasteiger partial charge on any atom is 0.150 e. The van der Waals surface area contributed by atoms with Gasteiger partial charge in [0.1, 0.15) is 18.4 Å². The molecular formula is C25H28N4O2. The minimum absolute atomic E-state index is 0.646. The van der Waals surface area contributed by atoms with Crippen molar-refractivity contribution in [2.45, 2.75) is 13.8 Å². The third kappa shape index (κ3) is 5.79. The van der Waals surface area contributed by atoms with Crippen LogP contribution in [0.25, 0.3) is 22.4 Å². The van der Waals surface area contributed by atoms with Crippen molar-refractivity contribution < 1.29 is 9.59 Å². The summed E-state index contributed by atoms with van der Waals surface area (Å²) in [6, 6.07) is 20.4. The summed E-state index contributed by atoms with van der Waals surface area (Å²) in [6.07, 6.45) is 1.63. The van der Waals surface area contributed by atoms with Gasteiger partial charge < -0.3 is 15.6 Å². The van der Waals surface area contributed by atoms with Crippen molar-refractivity contribution in [3.8, 4) is 11.4 Å². The smallest absolute Gasteiger partial charge is 0.150 e. The van der Waals surface area contributed by atoms with Gasteiger partial charge >= 0.3 is 0 Å². The van der Waals surface area contributed by atoms with Crippen LogP contribution in [-0.4, -0.2) is 29.2 Å². The summed E-state index contributed by atoms with van der Waals surface area (Å²) < 4.78 is 2.04. The highest BCUT2D eigenvalue weighted by Crippen LogP contribution is 2.25. The Balaban J connectivity index is 0.000000261. The molecule has 31 heavy (non-hydrogen) atoms. The van der Waals surface area contributed by atoms with Crippen molar-refractivity contribution >= 4 is 35.0 Å². The molecule has 3 aromatic carbocycles. The van der Waals surface area contributed by atoms with E-state index in [1.54, 1.807) is 24.3 Å². The fourth-order valence-electron chi connectivity index (χ4n) is 2.91. The van der Waals surface area contributed by atoms with Gasteiger partial charge in [-0.25, -0.2) is 4.98 Å². The molecule has 0 atom stereocenters. The van der Waals surface area contributed by atoms with Crippen LogP contribution in [0, 0.1) is 0 Å². The summed E-state index contributed by atoms with van der Waals surface area (Å²) in [4.78, 5) is 25.5. The van der Waals surface area contributed by atoms with Crippen molar-refractivity contribution in [1.29, 1.82) is 0 Å². The molecule has 0 radical (unpaired) electrons. The van der Waals surface area contributed by atoms with Gasteiger partial charge in [0.05, 0.1) is 11.0 Å². The predicted octanol–water partition coefficient (Wildman–Crippen LogP) is 5.20. The molecule has 0 fully saturated rings. The second-order valence-corrected chi connectivity index (χ2v) is 6.47. The maximum atomic E-state index is 10.8. The lowest BCUT2D eigenvalue weighted by Crippen LogP contribution is -1.93. The van der Waals surface area contributed by atoms with E-state index in [9.17, 15) is 9.59 Å². The second kappa shape index (κ2) is 11.3. The minimum atomic E-state index is 0.646. The van der Waals surface area contributed by atoms with Crippen LogP contribution < -0.4 is 11.1 Å². The SMILES string of the molecule is CC.CNc1ccc(-c2nc3cc(C=O)ccc3n2C)cc1.Nc1ccc(C=O)cc1. The van der Waals surface area contributed by atoms with Gasteiger partial charge in [-0.3, -0.25) is 9.59 Å². The summed E-state index contributed by atoms with van der Waals surface area (Å²) in [6.45, 7) is 4.00. The molecule has 6 nitrogen and oxygen atoms in total. The van der Waals surface area contributed by atoms with E-state index in [4.69, 9.17) is 5.73 Å². The van der Waals surface area contributed by atoms with Crippen LogP contribution in [0.3, 0.4) is 0 Å². The van der Waals surface area contributed by atoms with Crippen LogP contribution in [-0.2, 0) is 7.05 Å². The lowest BCUT2D eigenvalue weighted by molar-refractivity contribution is 0.111. The number of nitrogens with zero attached hydrogens (tertiary/aromatic N) is 2. The number of nitrogen functional groups attached to an aromatic ring is 1. The zero-order valence-electron chi connectivity index (χ0n) is 18.3. The molecule has 0 amide bonds. The number of anilines is 2. The molecule has 1 aromatic heterocycles. The molecule has 0 unspecified atom stereocenters. The fourth-order valence-corrected chi connectivity index (χ4v) is 2.91. The van der Waals surface area contributed by atoms with Crippen LogP contribution in [0.5, 0.6) is 0 Å². The van der Waals surface area contributed by atoms with E-state index >= 15 is 0 Å². The molecule has 160 valence electrons. The minimum Gasteiger partial charge on any atom is -0.399 e. The fraction of sp³-hybridized carbons (Fsp3) is 0.160. The van der Waals surface area contributed by atoms with Gasteiger partial charge in [-0.1, -0.05) is 13.8 Å². The number of aromatic nitrogens is 2. The Morgan fingerprint density at radius 2 is 1.45 bits per heavy atom. The lowest BCUT2D eigenvalue weighted by Gasteiger charge is -2.04. The second-order valence-electron chi connectivity index (χ2n) is 6.47. The van der Waals surface area contributed by atoms with Crippen LogP contribution in [0.4, 0.5) is 11.4 Å². The van der Waals surface area contributed by atoms with Gasteiger partial charge in [-0.2, -0.15) is 0 Å². The van der Waals surface area contributed by atoms with E-state index in [0.29, 0.717) is 16.8 Å². The standard InChI is InChI=1S/C16H15N3O.C7H7NO.C2H6/c1-17-13-6-4-12(5-7-13)16-18-14-9-11(10-20)3-8-15(14)19(16)2;8-7-3-1-6(5-9)2-4-7;1-2/h3-10,17H,1-2H3;1-5H,8H2;1-2H3. The largest absolute Gasteiger partial charge is 0.399 e. The Kier molecular flexibility index (Phi) is 8.52. The van der Waals surface area contributed by atoms with Crippen molar-refractivity contribution in [2.75, 3.05) is 18.1 Å². The number of nitrogens with two attached hydrogens (primary N) is 1. The first-order chi connectivity index (χ1) is 15.0. The molecular weight excluding hydrogens is 388 g/mol. The first kappa shape index (κ1) is 23.3. The molecule has 0 spiro atoms. The van der Waals surface area contributed by atoms with Crippen LogP contribution in [0.2, 0.25) is 0 Å². The van der Waals surface area contributed by atoms with Gasteiger partial charge in [0, 0.05) is 42.2 Å². The van der Waals surface area contributed by atoms with E-state index in [-0.39, 0.29) is 0 Å². The average Bonchev–Trinajstić information content (AvgIpc) is 3.17. The van der Waals surface area contributed by atoms with E-state index in [1.807, 2.05) is 75.0 Å². The van der Waals surface area contributed by atoms with Gasteiger partial charge in [0.15, 0.2) is 0 Å². The highest BCUT2D eigenvalue weighted by atomic mass is 16.1. The molecule has 0 saturated heterocycles. The highest BCUT2D eigenvalue weighted by molar-refractivity contribution is 5.87. The Morgan fingerprint density at radius 1 is 0.871 bits per heavy atom. The Hall–Kier alpha value is -3.93. The molecule has 3 N–H and O–H groups in total. The number of benzene rings is 3. The molecule has 0 aliphatic heterocycles. The number of aryl methyl sites for hydroxylation is 1. The topological polar surface area (TPSA) is 90.0 Å². The van der Waals surface area contributed by atoms with Crippen molar-refractivity contribution in [3.63, 3.8) is 0 Å². The molecule has 0 aliphatic rings. The number of carbonyl (C=O) groups excluding carboxylic acids is 2. The lowest BCUT2D eigenvalue weighted by atomic mass is 10.2. The third-order valence-corrected chi connectivity index (χ3v) is 4.55. The first-order valence-electron chi connectivity index (χ1n) is 10.1. The van der Waals surface area contributed by atoms with Gasteiger partial charge in [0.2, 0.25) is 0 Å². The molecule has 6 heteroatoms. The van der Waals surface area contributed by atoms with E-state index in [0.717, 1.165) is 40.7 Å². The zero-order chi connectivity index (χ0) is 22.8. The van der Waals surface area contributed by atoms with Crippen molar-refractivity contribution in [2.24, 2.45) is 7.05 Å². The molecule has 1 heterocycles. The summed E-state index contributed by atoms with van der Waals surface area (Å²) in [7, 11) is 3.88. The number of aldehydes is 2. The van der Waals surface area contributed by atoms with E-state index in [2.05, 4.69) is 10.3 Å². The average molecular weight is 417 g/mol. The summed E-state index contributed by atoms with van der Waals surface area (Å²) in [5, 5.41) is 3.10. The number of imidazole rings is 1. The summed E-state index contributed by atoms with van der Waals surface area (Å²) >= 11 is 0. The summed E-state index contributed by atoms with van der Waals surface area (Å²) in [5.41, 5.74) is 11.3. The molecule has 4 aromatic rings. The quantitative estimate of drug-likeness (QED) is 0.352. The molecule has 0 aliphatic carbocycles. The predicted molar refractivity (Wildman–Crippen MR) is 129 cm³/mol.